The molecule has 1 aliphatic heterocycles. The van der Waals surface area contributed by atoms with Gasteiger partial charge in [0.05, 0.1) is 6.61 Å². The standard InChI is InChI=1S/C15H20O3/c1-4-5-10-17-14(16)13-15(3,18-13)12-8-6-11(2)7-9-12/h6-9,13H,4-5,10H2,1-3H3/t13-,15+/m0/s1. The first-order chi connectivity index (χ1) is 8.58. The van der Waals surface area contributed by atoms with Gasteiger partial charge in [0.1, 0.15) is 5.60 Å². The van der Waals surface area contributed by atoms with Crippen LogP contribution in [0.1, 0.15) is 37.8 Å². The van der Waals surface area contributed by atoms with E-state index in [0.29, 0.717) is 6.61 Å². The lowest BCUT2D eigenvalue weighted by Crippen LogP contribution is -2.19. The summed E-state index contributed by atoms with van der Waals surface area (Å²) in [4.78, 5) is 11.8. The summed E-state index contributed by atoms with van der Waals surface area (Å²) in [6.45, 7) is 6.52. The first-order valence-electron chi connectivity index (χ1n) is 6.49. The van der Waals surface area contributed by atoms with Crippen molar-refractivity contribution in [2.24, 2.45) is 0 Å². The van der Waals surface area contributed by atoms with Crippen molar-refractivity contribution in [3.63, 3.8) is 0 Å². The van der Waals surface area contributed by atoms with Crippen molar-refractivity contribution in [1.29, 1.82) is 0 Å². The van der Waals surface area contributed by atoms with Gasteiger partial charge >= 0.3 is 5.97 Å². The second kappa shape index (κ2) is 5.11. The Morgan fingerprint density at radius 2 is 2.06 bits per heavy atom. The minimum Gasteiger partial charge on any atom is -0.464 e. The Balaban J connectivity index is 1.95. The maximum Gasteiger partial charge on any atom is 0.338 e. The smallest absolute Gasteiger partial charge is 0.338 e. The van der Waals surface area contributed by atoms with Gasteiger partial charge < -0.3 is 9.47 Å². The highest BCUT2D eigenvalue weighted by Gasteiger charge is 2.59. The number of rotatable bonds is 5. The quantitative estimate of drug-likeness (QED) is 0.457. The predicted molar refractivity (Wildman–Crippen MR) is 69.3 cm³/mol. The normalized spacial score (nSPS) is 25.8. The molecule has 0 radical (unpaired) electrons. The highest BCUT2D eigenvalue weighted by Crippen LogP contribution is 2.46. The van der Waals surface area contributed by atoms with Crippen molar-refractivity contribution < 1.29 is 14.3 Å². The molecule has 1 saturated heterocycles. The molecule has 0 N–H and O–H groups in total. The molecule has 1 aromatic carbocycles. The molecule has 0 spiro atoms. The van der Waals surface area contributed by atoms with Crippen LogP contribution >= 0.6 is 0 Å². The van der Waals surface area contributed by atoms with Crippen LogP contribution in [0.4, 0.5) is 0 Å². The number of aryl methyl sites for hydroxylation is 1. The predicted octanol–water partition coefficient (Wildman–Crippen LogP) is 2.95. The van der Waals surface area contributed by atoms with Crippen molar-refractivity contribution in [3.8, 4) is 0 Å². The lowest BCUT2D eigenvalue weighted by Gasteiger charge is -2.07. The summed E-state index contributed by atoms with van der Waals surface area (Å²) in [6, 6.07) is 8.08. The van der Waals surface area contributed by atoms with Crippen LogP contribution in [0.25, 0.3) is 0 Å². The number of carbonyl (C=O) groups excluding carboxylic acids is 1. The second-order valence-corrected chi connectivity index (χ2v) is 4.99. The molecular weight excluding hydrogens is 228 g/mol. The Kier molecular flexibility index (Phi) is 3.71. The van der Waals surface area contributed by atoms with E-state index in [1.165, 1.54) is 5.56 Å². The Labute approximate surface area is 108 Å². The molecule has 0 aromatic heterocycles. The van der Waals surface area contributed by atoms with E-state index >= 15 is 0 Å². The Morgan fingerprint density at radius 3 is 2.67 bits per heavy atom. The van der Waals surface area contributed by atoms with Crippen LogP contribution < -0.4 is 0 Å². The third-order valence-corrected chi connectivity index (χ3v) is 3.39. The summed E-state index contributed by atoms with van der Waals surface area (Å²) >= 11 is 0. The maximum absolute atomic E-state index is 11.8. The van der Waals surface area contributed by atoms with Gasteiger partial charge in [0, 0.05) is 0 Å². The van der Waals surface area contributed by atoms with Gasteiger partial charge in [-0.25, -0.2) is 4.79 Å². The van der Waals surface area contributed by atoms with E-state index < -0.39 is 11.7 Å². The Hall–Kier alpha value is -1.35. The molecule has 0 saturated carbocycles. The van der Waals surface area contributed by atoms with E-state index in [1.54, 1.807) is 0 Å². The summed E-state index contributed by atoms with van der Waals surface area (Å²) in [5.74, 6) is -0.244. The van der Waals surface area contributed by atoms with E-state index in [2.05, 4.69) is 6.92 Å². The zero-order valence-electron chi connectivity index (χ0n) is 11.2. The fraction of sp³-hybridized carbons (Fsp3) is 0.533. The van der Waals surface area contributed by atoms with Crippen molar-refractivity contribution in [2.75, 3.05) is 6.61 Å². The molecule has 2 rings (SSSR count). The van der Waals surface area contributed by atoms with Gasteiger partial charge in [0.15, 0.2) is 6.10 Å². The van der Waals surface area contributed by atoms with Crippen LogP contribution in [0.5, 0.6) is 0 Å². The van der Waals surface area contributed by atoms with Crippen molar-refractivity contribution in [1.82, 2.24) is 0 Å². The van der Waals surface area contributed by atoms with Crippen LogP contribution in [0.2, 0.25) is 0 Å². The first kappa shape index (κ1) is 13.1. The minimum absolute atomic E-state index is 0.244. The summed E-state index contributed by atoms with van der Waals surface area (Å²) in [5.41, 5.74) is 1.73. The SMILES string of the molecule is CCCCOC(=O)[C@@H]1O[C@]1(C)c1ccc(C)cc1. The fourth-order valence-corrected chi connectivity index (χ4v) is 1.98. The number of unbranched alkanes of at least 4 members (excludes halogenated alkanes) is 1. The van der Waals surface area contributed by atoms with Crippen LogP contribution in [0.15, 0.2) is 24.3 Å². The molecule has 1 aliphatic rings. The van der Waals surface area contributed by atoms with Gasteiger partial charge in [-0.05, 0) is 25.8 Å². The number of ether oxygens (including phenoxy) is 2. The molecule has 1 heterocycles. The van der Waals surface area contributed by atoms with Gasteiger partial charge in [0.2, 0.25) is 0 Å². The van der Waals surface area contributed by atoms with Gasteiger partial charge in [0.25, 0.3) is 0 Å². The third-order valence-electron chi connectivity index (χ3n) is 3.39. The van der Waals surface area contributed by atoms with Gasteiger partial charge in [-0.3, -0.25) is 0 Å². The summed E-state index contributed by atoms with van der Waals surface area (Å²) in [6.07, 6.45) is 1.48. The lowest BCUT2D eigenvalue weighted by atomic mass is 9.96. The third kappa shape index (κ3) is 2.56. The van der Waals surface area contributed by atoms with E-state index in [4.69, 9.17) is 9.47 Å². The number of hydrogen-bond acceptors (Lipinski definition) is 3. The van der Waals surface area contributed by atoms with Crippen molar-refractivity contribution >= 4 is 5.97 Å². The molecular formula is C15H20O3. The number of carbonyl (C=O) groups is 1. The van der Waals surface area contributed by atoms with Crippen LogP contribution in [-0.2, 0) is 19.9 Å². The van der Waals surface area contributed by atoms with Crippen LogP contribution in [0, 0.1) is 6.92 Å². The second-order valence-electron chi connectivity index (χ2n) is 4.99. The highest BCUT2D eigenvalue weighted by atomic mass is 16.7. The molecule has 1 aromatic rings. The van der Waals surface area contributed by atoms with Crippen molar-refractivity contribution in [3.05, 3.63) is 35.4 Å². The summed E-state index contributed by atoms with van der Waals surface area (Å²) in [7, 11) is 0. The van der Waals surface area contributed by atoms with Gasteiger partial charge in [-0.15, -0.1) is 0 Å². The van der Waals surface area contributed by atoms with E-state index in [-0.39, 0.29) is 5.97 Å². The van der Waals surface area contributed by atoms with Gasteiger partial charge in [-0.2, -0.15) is 0 Å². The maximum atomic E-state index is 11.8. The van der Waals surface area contributed by atoms with Gasteiger partial charge in [-0.1, -0.05) is 43.2 Å². The molecule has 0 aliphatic carbocycles. The number of hydrogen-bond donors (Lipinski definition) is 0. The minimum atomic E-state index is -0.503. The topological polar surface area (TPSA) is 38.8 Å². The molecule has 3 heteroatoms. The molecule has 0 bridgehead atoms. The average Bonchev–Trinajstić information content (AvgIpc) is 3.04. The molecule has 0 amide bonds. The number of epoxide rings is 1. The highest BCUT2D eigenvalue weighted by molar-refractivity contribution is 5.79. The van der Waals surface area contributed by atoms with E-state index in [9.17, 15) is 4.79 Å². The van der Waals surface area contributed by atoms with Crippen molar-refractivity contribution in [2.45, 2.75) is 45.3 Å². The monoisotopic (exact) mass is 248 g/mol. The molecule has 3 nitrogen and oxygen atoms in total. The fourth-order valence-electron chi connectivity index (χ4n) is 1.98. The zero-order valence-corrected chi connectivity index (χ0v) is 11.2. The number of esters is 1. The first-order valence-corrected chi connectivity index (χ1v) is 6.49. The molecule has 1 fully saturated rings. The largest absolute Gasteiger partial charge is 0.464 e. The molecule has 18 heavy (non-hydrogen) atoms. The average molecular weight is 248 g/mol. The molecule has 98 valence electrons. The van der Waals surface area contributed by atoms with E-state index in [1.807, 2.05) is 38.1 Å². The van der Waals surface area contributed by atoms with Crippen LogP contribution in [-0.4, -0.2) is 18.7 Å². The summed E-state index contributed by atoms with van der Waals surface area (Å²) in [5, 5.41) is 0. The van der Waals surface area contributed by atoms with Crippen LogP contribution in [0.3, 0.4) is 0 Å². The Morgan fingerprint density at radius 1 is 1.39 bits per heavy atom. The molecule has 0 unspecified atom stereocenters. The number of benzene rings is 1. The Bertz CT molecular complexity index is 424. The summed E-state index contributed by atoms with van der Waals surface area (Å²) < 4.78 is 10.7. The molecule has 2 atom stereocenters. The van der Waals surface area contributed by atoms with E-state index in [0.717, 1.165) is 18.4 Å². The lowest BCUT2D eigenvalue weighted by molar-refractivity contribution is -0.145. The zero-order chi connectivity index (χ0) is 13.2.